The molecule has 12 rings (SSSR count). The van der Waals surface area contributed by atoms with Gasteiger partial charge in [-0.1, -0.05) is 133 Å². The minimum Gasteiger partial charge on any atom is -0.455 e. The molecule has 6 nitrogen and oxygen atoms in total. The van der Waals surface area contributed by atoms with Gasteiger partial charge in [0.15, 0.2) is 23.1 Å². The van der Waals surface area contributed by atoms with Crippen LogP contribution in [0.1, 0.15) is 18.7 Å². The molecule has 0 saturated carbocycles. The summed E-state index contributed by atoms with van der Waals surface area (Å²) in [5.41, 5.74) is 11.7. The van der Waals surface area contributed by atoms with Crippen molar-refractivity contribution in [2.75, 3.05) is 0 Å². The Labute approximate surface area is 326 Å². The largest absolute Gasteiger partial charge is 0.455 e. The summed E-state index contributed by atoms with van der Waals surface area (Å²) in [4.78, 5) is 15.1. The predicted octanol–water partition coefficient (Wildman–Crippen LogP) is 11.4. The second-order valence-corrected chi connectivity index (χ2v) is 14.6. The summed E-state index contributed by atoms with van der Waals surface area (Å²) in [6, 6.07) is 56.7. The molecule has 0 atom stereocenters. The van der Waals surface area contributed by atoms with E-state index < -0.39 is 0 Å². The maximum absolute atomic E-state index is 7.01. The van der Waals surface area contributed by atoms with E-state index in [-0.39, 0.29) is 0 Å². The highest BCUT2D eigenvalue weighted by atomic mass is 16.3. The van der Waals surface area contributed by atoms with Gasteiger partial charge >= 0.3 is 0 Å². The lowest BCUT2D eigenvalue weighted by Gasteiger charge is -2.11. The van der Waals surface area contributed by atoms with Gasteiger partial charge in [-0.05, 0) is 54.8 Å². The lowest BCUT2D eigenvalue weighted by atomic mass is 9.99. The first kappa shape index (κ1) is 31.7. The number of rotatable bonds is 5. The van der Waals surface area contributed by atoms with Crippen LogP contribution in [0.4, 0.5) is 0 Å². The number of furan rings is 2. The molecule has 0 amide bonds. The topological polar surface area (TPSA) is 69.9 Å². The summed E-state index contributed by atoms with van der Waals surface area (Å²) in [6.07, 6.45) is 3.91. The molecule has 57 heavy (non-hydrogen) atoms. The Kier molecular flexibility index (Phi) is 6.95. The van der Waals surface area contributed by atoms with Crippen molar-refractivity contribution in [3.8, 4) is 39.6 Å². The van der Waals surface area contributed by atoms with Gasteiger partial charge in [0.2, 0.25) is 0 Å². The van der Waals surface area contributed by atoms with Crippen LogP contribution in [0.2, 0.25) is 0 Å². The lowest BCUT2D eigenvalue weighted by Crippen LogP contribution is -2.27. The molecular weight excluding hydrogens is 701 g/mol. The van der Waals surface area contributed by atoms with Crippen LogP contribution in [0.3, 0.4) is 0 Å². The fraction of sp³-hybridized carbons (Fsp3) is 0.0392. The smallest absolute Gasteiger partial charge is 0.164 e. The molecule has 0 N–H and O–H groups in total. The van der Waals surface area contributed by atoms with E-state index in [1.807, 2.05) is 72.8 Å². The van der Waals surface area contributed by atoms with Crippen LogP contribution in [-0.4, -0.2) is 19.5 Å². The van der Waals surface area contributed by atoms with E-state index in [0.717, 1.165) is 112 Å². The fourth-order valence-electron chi connectivity index (χ4n) is 8.72. The van der Waals surface area contributed by atoms with Crippen molar-refractivity contribution in [1.82, 2.24) is 19.5 Å². The first-order valence-corrected chi connectivity index (χ1v) is 19.3. The average molecular weight is 733 g/mol. The van der Waals surface area contributed by atoms with Gasteiger partial charge in [0.05, 0.1) is 11.0 Å². The zero-order valence-electron chi connectivity index (χ0n) is 30.7. The molecule has 6 heteroatoms. The Morgan fingerprint density at radius 2 is 1.14 bits per heavy atom. The number of para-hydroxylation sites is 3. The third-order valence-electron chi connectivity index (χ3n) is 11.3. The van der Waals surface area contributed by atoms with Crippen molar-refractivity contribution in [2.45, 2.75) is 12.8 Å². The summed E-state index contributed by atoms with van der Waals surface area (Å²) in [7, 11) is 0. The van der Waals surface area contributed by atoms with Gasteiger partial charge in [0, 0.05) is 60.1 Å². The molecule has 0 bridgehead atoms. The van der Waals surface area contributed by atoms with E-state index >= 15 is 0 Å². The van der Waals surface area contributed by atoms with Gasteiger partial charge in [-0.3, -0.25) is 0 Å². The lowest BCUT2D eigenvalue weighted by molar-refractivity contribution is 0.568. The third kappa shape index (κ3) is 4.94. The number of hydrogen-bond acceptors (Lipinski definition) is 5. The average Bonchev–Trinajstić information content (AvgIpc) is 3.97. The van der Waals surface area contributed by atoms with Crippen molar-refractivity contribution in [3.05, 3.63) is 180 Å². The number of benzene rings is 7. The van der Waals surface area contributed by atoms with Crippen molar-refractivity contribution < 1.29 is 8.83 Å². The first-order chi connectivity index (χ1) is 28.3. The zero-order chi connectivity index (χ0) is 37.5. The molecule has 0 unspecified atom stereocenters. The van der Waals surface area contributed by atoms with Gasteiger partial charge < -0.3 is 13.4 Å². The van der Waals surface area contributed by atoms with Crippen LogP contribution < -0.4 is 10.6 Å². The Balaban J connectivity index is 1.08. The quantitative estimate of drug-likeness (QED) is 0.176. The molecule has 4 aromatic heterocycles. The summed E-state index contributed by atoms with van der Waals surface area (Å²) in [6.45, 7) is 0. The second kappa shape index (κ2) is 12.5. The zero-order valence-corrected chi connectivity index (χ0v) is 30.7. The maximum atomic E-state index is 7.01. The molecule has 0 fully saturated rings. The monoisotopic (exact) mass is 732 g/mol. The second-order valence-electron chi connectivity index (χ2n) is 14.6. The van der Waals surface area contributed by atoms with Crippen molar-refractivity contribution in [1.29, 1.82) is 0 Å². The van der Waals surface area contributed by atoms with Crippen LogP contribution in [0.25, 0.3) is 106 Å². The SMILES string of the molecule is C1=c2c(oc3c(-c4ccc5c(c4)c4ccc6c7ccccc7oc6c4n5-c4ccccc4)cccc23)=C(c2nc(-c3ccccc3)nc(-c3ccccc3)n2)CC1. The number of nitrogens with zero attached hydrogens (tertiary/aromatic N) is 4. The minimum absolute atomic E-state index is 0.641. The van der Waals surface area contributed by atoms with Crippen LogP contribution in [0, 0.1) is 0 Å². The number of hydrogen-bond donors (Lipinski definition) is 0. The molecule has 0 spiro atoms. The maximum Gasteiger partial charge on any atom is 0.164 e. The van der Waals surface area contributed by atoms with Crippen molar-refractivity contribution in [2.24, 2.45) is 0 Å². The standard InChI is InChI=1S/C51H32N4O2/c1-4-14-31(15-5-1)49-52-50(32-16-6-2-7-17-32)54-51(53-49)41-24-13-23-39-38-22-12-21-35(46(38)57-47(39)41)33-26-29-43-42(30-33)37-27-28-40-36-20-10-11-25-44(36)56-48(40)45(37)55(43)34-18-8-3-9-19-34/h1-12,14-23,25-30H,13,24H2. The van der Waals surface area contributed by atoms with E-state index in [1.165, 1.54) is 0 Å². The highest BCUT2D eigenvalue weighted by molar-refractivity contribution is 6.22. The van der Waals surface area contributed by atoms with Crippen LogP contribution >= 0.6 is 0 Å². The Morgan fingerprint density at radius 3 is 1.91 bits per heavy atom. The molecule has 1 aliphatic carbocycles. The normalized spacial score (nSPS) is 12.9. The Morgan fingerprint density at radius 1 is 0.474 bits per heavy atom. The predicted molar refractivity (Wildman–Crippen MR) is 229 cm³/mol. The molecular formula is C51H32N4O2. The van der Waals surface area contributed by atoms with E-state index in [2.05, 4.69) is 102 Å². The molecule has 4 heterocycles. The highest BCUT2D eigenvalue weighted by Crippen LogP contribution is 2.42. The van der Waals surface area contributed by atoms with E-state index in [9.17, 15) is 0 Å². The molecule has 7 aromatic carbocycles. The minimum atomic E-state index is 0.641. The molecule has 0 saturated heterocycles. The first-order valence-electron chi connectivity index (χ1n) is 19.3. The van der Waals surface area contributed by atoms with E-state index in [4.69, 9.17) is 23.8 Å². The Hall–Kier alpha value is -7.57. The summed E-state index contributed by atoms with van der Waals surface area (Å²) in [5, 5.41) is 6.67. The summed E-state index contributed by atoms with van der Waals surface area (Å²) in [5.74, 6) is 1.93. The molecule has 0 radical (unpaired) electrons. The van der Waals surface area contributed by atoms with Gasteiger partial charge in [0.25, 0.3) is 0 Å². The Bertz CT molecular complexity index is 3450. The van der Waals surface area contributed by atoms with Crippen molar-refractivity contribution >= 4 is 66.4 Å². The molecule has 11 aromatic rings. The van der Waals surface area contributed by atoms with E-state index in [0.29, 0.717) is 17.5 Å². The van der Waals surface area contributed by atoms with Crippen LogP contribution in [0.15, 0.2) is 173 Å². The fourth-order valence-corrected chi connectivity index (χ4v) is 8.72. The molecule has 268 valence electrons. The summed E-state index contributed by atoms with van der Waals surface area (Å²) < 4.78 is 16.0. The van der Waals surface area contributed by atoms with Gasteiger partial charge in [-0.25, -0.2) is 15.0 Å². The van der Waals surface area contributed by atoms with Crippen LogP contribution in [-0.2, 0) is 0 Å². The number of aromatic nitrogens is 4. The third-order valence-corrected chi connectivity index (χ3v) is 11.3. The molecule has 1 aliphatic rings. The van der Waals surface area contributed by atoms with Crippen LogP contribution in [0.5, 0.6) is 0 Å². The van der Waals surface area contributed by atoms with Crippen molar-refractivity contribution in [3.63, 3.8) is 0 Å². The van der Waals surface area contributed by atoms with E-state index in [1.54, 1.807) is 0 Å². The summed E-state index contributed by atoms with van der Waals surface area (Å²) >= 11 is 0. The molecule has 0 aliphatic heterocycles. The van der Waals surface area contributed by atoms with Gasteiger partial charge in [-0.15, -0.1) is 0 Å². The van der Waals surface area contributed by atoms with Gasteiger partial charge in [-0.2, -0.15) is 0 Å². The number of fused-ring (bicyclic) bond motifs is 10. The highest BCUT2D eigenvalue weighted by Gasteiger charge is 2.23. The van der Waals surface area contributed by atoms with Gasteiger partial charge in [0.1, 0.15) is 16.6 Å².